The highest BCUT2D eigenvalue weighted by Gasteiger charge is 2.11. The lowest BCUT2D eigenvalue weighted by Crippen LogP contribution is -1.80. The molecule has 0 bridgehead atoms. The minimum atomic E-state index is 0.651. The summed E-state index contributed by atoms with van der Waals surface area (Å²) in [4.78, 5) is 12.1. The Bertz CT molecular complexity index is 882. The van der Waals surface area contributed by atoms with Gasteiger partial charge in [-0.05, 0) is 18.2 Å². The Morgan fingerprint density at radius 2 is 2.16 bits per heavy atom. The van der Waals surface area contributed by atoms with Gasteiger partial charge in [-0.15, -0.1) is 0 Å². The van der Waals surface area contributed by atoms with Gasteiger partial charge < -0.3 is 9.51 Å². The van der Waals surface area contributed by atoms with Crippen LogP contribution in [0.25, 0.3) is 33.5 Å². The van der Waals surface area contributed by atoms with E-state index < -0.39 is 0 Å². The number of nitrogens with one attached hydrogen (secondary N) is 1. The van der Waals surface area contributed by atoms with Crippen molar-refractivity contribution in [2.24, 2.45) is 0 Å². The predicted octanol–water partition coefficient (Wildman–Crippen LogP) is 3.42. The molecule has 92 valence electrons. The zero-order chi connectivity index (χ0) is 12.8. The van der Waals surface area contributed by atoms with Crippen molar-refractivity contribution in [3.8, 4) is 11.5 Å². The molecule has 5 nitrogen and oxygen atoms in total. The van der Waals surface area contributed by atoms with E-state index in [2.05, 4.69) is 20.1 Å². The summed E-state index contributed by atoms with van der Waals surface area (Å²) in [6.07, 6.45) is 3.26. The number of aromatic nitrogens is 4. The molecule has 0 saturated carbocycles. The molecule has 0 aliphatic rings. The van der Waals surface area contributed by atoms with Crippen LogP contribution < -0.4 is 0 Å². The maximum absolute atomic E-state index is 6.03. The second-order valence-corrected chi connectivity index (χ2v) is 4.59. The highest BCUT2D eigenvalue weighted by molar-refractivity contribution is 6.31. The fourth-order valence-corrected chi connectivity index (χ4v) is 2.26. The maximum Gasteiger partial charge on any atom is 0.160 e. The van der Waals surface area contributed by atoms with Crippen molar-refractivity contribution in [1.29, 1.82) is 0 Å². The number of halogens is 1. The lowest BCUT2D eigenvalue weighted by atomic mass is 10.2. The quantitative estimate of drug-likeness (QED) is 0.575. The zero-order valence-corrected chi connectivity index (χ0v) is 10.3. The highest BCUT2D eigenvalue weighted by atomic mass is 35.5. The molecule has 0 unspecified atom stereocenters. The summed E-state index contributed by atoms with van der Waals surface area (Å²) in [7, 11) is 0. The number of fused-ring (bicyclic) bond motifs is 3. The molecule has 0 fully saturated rings. The van der Waals surface area contributed by atoms with Crippen molar-refractivity contribution < 1.29 is 4.52 Å². The molecule has 1 N–H and O–H groups in total. The van der Waals surface area contributed by atoms with Crippen LogP contribution in [0.1, 0.15) is 0 Å². The molecular formula is C13H7ClN4O. The molecule has 0 radical (unpaired) electrons. The van der Waals surface area contributed by atoms with Crippen molar-refractivity contribution in [2.75, 3.05) is 0 Å². The van der Waals surface area contributed by atoms with E-state index in [1.54, 1.807) is 12.3 Å². The van der Waals surface area contributed by atoms with Crippen LogP contribution in [0.4, 0.5) is 0 Å². The standard InChI is InChI=1S/C13H7ClN4O/c14-7-1-2-9-8(5-7)12-11(6-15-9)16-13(17-12)10-3-4-19-18-10/h1-6H,(H,16,17). The van der Waals surface area contributed by atoms with Crippen LogP contribution >= 0.6 is 11.6 Å². The molecule has 3 aromatic heterocycles. The number of hydrogen-bond donors (Lipinski definition) is 1. The monoisotopic (exact) mass is 270 g/mol. The van der Waals surface area contributed by atoms with Gasteiger partial charge in [0.1, 0.15) is 17.5 Å². The molecule has 0 amide bonds. The summed E-state index contributed by atoms with van der Waals surface area (Å²) in [5, 5.41) is 5.44. The van der Waals surface area contributed by atoms with Gasteiger partial charge in [-0.2, -0.15) is 0 Å². The first-order chi connectivity index (χ1) is 9.31. The molecule has 0 saturated heterocycles. The van der Waals surface area contributed by atoms with Crippen LogP contribution in [0.15, 0.2) is 41.2 Å². The number of imidazole rings is 1. The molecule has 1 aromatic carbocycles. The third kappa shape index (κ3) is 1.59. The van der Waals surface area contributed by atoms with Crippen LogP contribution in [0.2, 0.25) is 5.02 Å². The molecule has 0 aliphatic heterocycles. The minimum Gasteiger partial charge on any atom is -0.364 e. The molecule has 0 atom stereocenters. The Hall–Kier alpha value is -2.40. The van der Waals surface area contributed by atoms with E-state index in [0.717, 1.165) is 21.9 Å². The van der Waals surface area contributed by atoms with Crippen molar-refractivity contribution in [3.63, 3.8) is 0 Å². The molecule has 6 heteroatoms. The number of benzene rings is 1. The number of pyridine rings is 1. The molecular weight excluding hydrogens is 264 g/mol. The fourth-order valence-electron chi connectivity index (χ4n) is 2.09. The van der Waals surface area contributed by atoms with Crippen molar-refractivity contribution in [1.82, 2.24) is 20.1 Å². The first-order valence-electron chi connectivity index (χ1n) is 5.66. The SMILES string of the molecule is Clc1ccc2ncc3[nH]c(-c4ccon4)nc3c2c1. The highest BCUT2D eigenvalue weighted by Crippen LogP contribution is 2.26. The van der Waals surface area contributed by atoms with E-state index in [9.17, 15) is 0 Å². The van der Waals surface area contributed by atoms with E-state index in [1.807, 2.05) is 18.2 Å². The summed E-state index contributed by atoms with van der Waals surface area (Å²) in [5.74, 6) is 0.651. The van der Waals surface area contributed by atoms with Crippen LogP contribution in [-0.2, 0) is 0 Å². The summed E-state index contributed by atoms with van der Waals surface area (Å²) in [5.41, 5.74) is 3.18. The number of H-pyrrole nitrogens is 1. The lowest BCUT2D eigenvalue weighted by molar-refractivity contribution is 0.422. The molecule has 0 aliphatic carbocycles. The van der Waals surface area contributed by atoms with E-state index >= 15 is 0 Å². The molecule has 4 rings (SSSR count). The molecule has 0 spiro atoms. The third-order valence-corrected chi connectivity index (χ3v) is 3.19. The summed E-state index contributed by atoms with van der Waals surface area (Å²) >= 11 is 6.03. The Balaban J connectivity index is 2.07. The second kappa shape index (κ2) is 3.80. The first-order valence-corrected chi connectivity index (χ1v) is 6.04. The molecule has 4 aromatic rings. The third-order valence-electron chi connectivity index (χ3n) is 2.96. The van der Waals surface area contributed by atoms with Gasteiger partial charge in [-0.3, -0.25) is 4.98 Å². The van der Waals surface area contributed by atoms with E-state index in [-0.39, 0.29) is 0 Å². The van der Waals surface area contributed by atoms with Crippen LogP contribution in [0.3, 0.4) is 0 Å². The summed E-state index contributed by atoms with van der Waals surface area (Å²) in [6, 6.07) is 7.30. The van der Waals surface area contributed by atoms with Crippen molar-refractivity contribution in [2.45, 2.75) is 0 Å². The lowest BCUT2D eigenvalue weighted by Gasteiger charge is -1.97. The molecule has 19 heavy (non-hydrogen) atoms. The van der Waals surface area contributed by atoms with E-state index in [0.29, 0.717) is 16.5 Å². The van der Waals surface area contributed by atoms with Gasteiger partial charge in [0, 0.05) is 16.5 Å². The number of hydrogen-bond acceptors (Lipinski definition) is 4. The summed E-state index contributed by atoms with van der Waals surface area (Å²) < 4.78 is 4.82. The van der Waals surface area contributed by atoms with Gasteiger partial charge >= 0.3 is 0 Å². The smallest absolute Gasteiger partial charge is 0.160 e. The van der Waals surface area contributed by atoms with Crippen molar-refractivity contribution >= 4 is 33.5 Å². The average molecular weight is 271 g/mol. The average Bonchev–Trinajstić information content (AvgIpc) is 3.07. The number of aromatic amines is 1. The zero-order valence-electron chi connectivity index (χ0n) is 9.59. The van der Waals surface area contributed by atoms with E-state index in [4.69, 9.17) is 16.1 Å². The first kappa shape index (κ1) is 10.5. The van der Waals surface area contributed by atoms with Crippen LogP contribution in [-0.4, -0.2) is 20.1 Å². The van der Waals surface area contributed by atoms with Crippen LogP contribution in [0.5, 0.6) is 0 Å². The van der Waals surface area contributed by atoms with Gasteiger partial charge in [0.05, 0.1) is 17.2 Å². The predicted molar refractivity (Wildman–Crippen MR) is 71.9 cm³/mol. The Labute approximate surface area is 112 Å². The van der Waals surface area contributed by atoms with Gasteiger partial charge in [-0.25, -0.2) is 4.98 Å². The van der Waals surface area contributed by atoms with Gasteiger partial charge in [0.15, 0.2) is 5.82 Å². The van der Waals surface area contributed by atoms with Gasteiger partial charge in [-0.1, -0.05) is 16.8 Å². The fraction of sp³-hybridized carbons (Fsp3) is 0. The van der Waals surface area contributed by atoms with Gasteiger partial charge in [0.25, 0.3) is 0 Å². The topological polar surface area (TPSA) is 67.6 Å². The second-order valence-electron chi connectivity index (χ2n) is 4.15. The Morgan fingerprint density at radius 3 is 3.00 bits per heavy atom. The van der Waals surface area contributed by atoms with Gasteiger partial charge in [0.2, 0.25) is 0 Å². The summed E-state index contributed by atoms with van der Waals surface area (Å²) in [6.45, 7) is 0. The normalized spacial score (nSPS) is 11.4. The van der Waals surface area contributed by atoms with E-state index in [1.165, 1.54) is 6.26 Å². The van der Waals surface area contributed by atoms with Crippen molar-refractivity contribution in [3.05, 3.63) is 41.7 Å². The minimum absolute atomic E-state index is 0.651. The number of rotatable bonds is 1. The maximum atomic E-state index is 6.03. The Morgan fingerprint density at radius 1 is 1.21 bits per heavy atom. The van der Waals surface area contributed by atoms with Crippen LogP contribution in [0, 0.1) is 0 Å². The molecule has 3 heterocycles. The largest absolute Gasteiger partial charge is 0.364 e. The Kier molecular flexibility index (Phi) is 2.10. The number of nitrogens with zero attached hydrogens (tertiary/aromatic N) is 3.